The van der Waals surface area contributed by atoms with Crippen LogP contribution in [-0.4, -0.2) is 31.7 Å². The lowest BCUT2D eigenvalue weighted by molar-refractivity contribution is -0.126. The maximum Gasteiger partial charge on any atom is 0.246 e. The molecule has 0 radical (unpaired) electrons. The molecule has 1 heterocycles. The lowest BCUT2D eigenvalue weighted by Gasteiger charge is -2.31. The van der Waals surface area contributed by atoms with Gasteiger partial charge in [-0.3, -0.25) is 4.79 Å². The van der Waals surface area contributed by atoms with Crippen molar-refractivity contribution in [1.82, 2.24) is 9.62 Å². The molecule has 0 bridgehead atoms. The monoisotopic (exact) mass is 476 g/mol. The zero-order valence-electron chi connectivity index (χ0n) is 16.0. The van der Waals surface area contributed by atoms with E-state index in [0.717, 1.165) is 22.0 Å². The van der Waals surface area contributed by atoms with Crippen LogP contribution in [0.15, 0.2) is 41.3 Å². The van der Waals surface area contributed by atoms with Crippen LogP contribution in [0.25, 0.3) is 0 Å². The minimum Gasteiger partial charge on any atom is -0.349 e. The van der Waals surface area contributed by atoms with Gasteiger partial charge in [0.05, 0.1) is 6.04 Å². The fourth-order valence-electron chi connectivity index (χ4n) is 3.43. The van der Waals surface area contributed by atoms with E-state index in [1.807, 2.05) is 0 Å². The summed E-state index contributed by atoms with van der Waals surface area (Å²) in [6.07, 6.45) is 0.534. The first-order valence-electron chi connectivity index (χ1n) is 9.30. The molecule has 3 rings (SSSR count). The Bertz CT molecular complexity index is 1060. The molecule has 1 N–H and O–H groups in total. The van der Waals surface area contributed by atoms with Gasteiger partial charge in [-0.25, -0.2) is 17.2 Å². The molecule has 1 fully saturated rings. The highest BCUT2D eigenvalue weighted by Crippen LogP contribution is 2.29. The summed E-state index contributed by atoms with van der Waals surface area (Å²) >= 11 is 12.1. The third-order valence-electron chi connectivity index (χ3n) is 5.12. The first-order valence-corrected chi connectivity index (χ1v) is 11.5. The quantitative estimate of drug-likeness (QED) is 0.688. The van der Waals surface area contributed by atoms with E-state index >= 15 is 0 Å². The van der Waals surface area contributed by atoms with Gasteiger partial charge in [-0.05, 0) is 55.7 Å². The van der Waals surface area contributed by atoms with Crippen molar-refractivity contribution in [3.63, 3.8) is 0 Å². The Labute approximate surface area is 184 Å². The summed E-state index contributed by atoms with van der Waals surface area (Å²) in [4.78, 5) is 11.9. The Kier molecular flexibility index (Phi) is 7.02. The van der Waals surface area contributed by atoms with Gasteiger partial charge in [-0.2, -0.15) is 4.31 Å². The summed E-state index contributed by atoms with van der Waals surface area (Å²) in [7, 11) is -4.18. The average molecular weight is 477 g/mol. The van der Waals surface area contributed by atoms with E-state index in [-0.39, 0.29) is 37.9 Å². The van der Waals surface area contributed by atoms with Crippen LogP contribution in [0.3, 0.4) is 0 Å². The van der Waals surface area contributed by atoms with Gasteiger partial charge in [-0.1, -0.05) is 29.3 Å². The topological polar surface area (TPSA) is 66.5 Å². The number of halogens is 4. The van der Waals surface area contributed by atoms with E-state index in [9.17, 15) is 22.0 Å². The van der Waals surface area contributed by atoms with Crippen LogP contribution in [0.4, 0.5) is 8.78 Å². The fraction of sp³-hybridized carbons (Fsp3) is 0.350. The van der Waals surface area contributed by atoms with Crippen LogP contribution >= 0.6 is 23.2 Å². The van der Waals surface area contributed by atoms with E-state index in [4.69, 9.17) is 23.2 Å². The highest BCUT2D eigenvalue weighted by molar-refractivity contribution is 7.89. The maximum absolute atomic E-state index is 13.9. The Balaban J connectivity index is 1.63. The van der Waals surface area contributed by atoms with Crippen LogP contribution < -0.4 is 5.32 Å². The maximum atomic E-state index is 13.9. The molecular weight excluding hydrogens is 457 g/mol. The van der Waals surface area contributed by atoms with Gasteiger partial charge >= 0.3 is 0 Å². The summed E-state index contributed by atoms with van der Waals surface area (Å²) in [5, 5.41) is 3.81. The molecule has 5 nitrogen and oxygen atoms in total. The highest BCUT2D eigenvalue weighted by atomic mass is 35.5. The standard InChI is InChI=1S/C20H20Cl2F2N2O3S/c1-12(16-4-2-14(21)10-17(16)22)25-20(27)13-6-8-26(9-7-13)30(28,29)19-11-15(23)3-5-18(19)24/h2-5,10-13H,6-9H2,1H3,(H,25,27). The minimum atomic E-state index is -4.18. The molecule has 1 aliphatic heterocycles. The zero-order chi connectivity index (χ0) is 22.1. The number of amides is 1. The highest BCUT2D eigenvalue weighted by Gasteiger charge is 2.34. The Hall–Kier alpha value is -1.74. The Morgan fingerprint density at radius 2 is 1.80 bits per heavy atom. The van der Waals surface area contributed by atoms with Crippen LogP contribution in [0.2, 0.25) is 10.0 Å². The molecule has 1 amide bonds. The van der Waals surface area contributed by atoms with Gasteiger partial charge < -0.3 is 5.32 Å². The Morgan fingerprint density at radius 3 is 2.43 bits per heavy atom. The number of rotatable bonds is 5. The van der Waals surface area contributed by atoms with E-state index < -0.39 is 32.5 Å². The number of nitrogens with zero attached hydrogens (tertiary/aromatic N) is 1. The zero-order valence-corrected chi connectivity index (χ0v) is 18.4. The summed E-state index contributed by atoms with van der Waals surface area (Å²) in [6, 6.07) is 6.96. The van der Waals surface area contributed by atoms with E-state index in [1.165, 1.54) is 0 Å². The summed E-state index contributed by atoms with van der Waals surface area (Å²) in [5.41, 5.74) is 0.719. The predicted molar refractivity (Wildman–Crippen MR) is 111 cm³/mol. The van der Waals surface area contributed by atoms with Gasteiger partial charge in [0, 0.05) is 29.1 Å². The molecule has 1 aliphatic rings. The first kappa shape index (κ1) is 22.9. The van der Waals surface area contributed by atoms with Crippen LogP contribution in [0.1, 0.15) is 31.4 Å². The second kappa shape index (κ2) is 9.18. The molecule has 0 aromatic heterocycles. The van der Waals surface area contributed by atoms with Crippen molar-refractivity contribution in [1.29, 1.82) is 0 Å². The van der Waals surface area contributed by atoms with Crippen molar-refractivity contribution in [2.75, 3.05) is 13.1 Å². The molecule has 2 aromatic rings. The number of sulfonamides is 1. The first-order chi connectivity index (χ1) is 14.1. The average Bonchev–Trinajstić information content (AvgIpc) is 2.69. The smallest absolute Gasteiger partial charge is 0.246 e. The molecule has 1 saturated heterocycles. The van der Waals surface area contributed by atoms with Gasteiger partial charge in [0.15, 0.2) is 0 Å². The number of hydrogen-bond donors (Lipinski definition) is 1. The lowest BCUT2D eigenvalue weighted by Crippen LogP contribution is -2.43. The molecule has 0 aliphatic carbocycles. The summed E-state index contributed by atoms with van der Waals surface area (Å²) < 4.78 is 53.7. The summed E-state index contributed by atoms with van der Waals surface area (Å²) in [6.45, 7) is 1.86. The molecule has 0 saturated carbocycles. The van der Waals surface area contributed by atoms with Gasteiger partial charge in [0.25, 0.3) is 0 Å². The van der Waals surface area contributed by atoms with Crippen molar-refractivity contribution in [3.05, 3.63) is 63.6 Å². The number of carbonyl (C=O) groups excluding carboxylic acids is 1. The molecule has 1 unspecified atom stereocenters. The number of benzene rings is 2. The van der Waals surface area contributed by atoms with Crippen molar-refractivity contribution in [2.24, 2.45) is 5.92 Å². The largest absolute Gasteiger partial charge is 0.349 e. The van der Waals surface area contributed by atoms with E-state index in [0.29, 0.717) is 16.1 Å². The van der Waals surface area contributed by atoms with Crippen molar-refractivity contribution < 1.29 is 22.0 Å². The molecule has 1 atom stereocenters. The van der Waals surface area contributed by atoms with Crippen molar-refractivity contribution >= 4 is 39.1 Å². The molecular formula is C20H20Cl2F2N2O3S. The predicted octanol–water partition coefficient (Wildman–Crippen LogP) is 4.55. The van der Waals surface area contributed by atoms with Crippen molar-refractivity contribution in [3.8, 4) is 0 Å². The number of nitrogens with one attached hydrogen (secondary N) is 1. The fourth-order valence-corrected chi connectivity index (χ4v) is 5.55. The third-order valence-corrected chi connectivity index (χ3v) is 7.60. The van der Waals surface area contributed by atoms with Crippen molar-refractivity contribution in [2.45, 2.75) is 30.7 Å². The van der Waals surface area contributed by atoms with Crippen LogP contribution in [0, 0.1) is 17.6 Å². The molecule has 0 spiro atoms. The second-order valence-corrected chi connectivity index (χ2v) is 9.90. The SMILES string of the molecule is CC(NC(=O)C1CCN(S(=O)(=O)c2cc(F)ccc2F)CC1)c1ccc(Cl)cc1Cl. The molecule has 2 aromatic carbocycles. The molecule has 162 valence electrons. The van der Waals surface area contributed by atoms with Crippen LogP contribution in [0.5, 0.6) is 0 Å². The number of piperidine rings is 1. The number of carbonyl (C=O) groups is 1. The Morgan fingerprint density at radius 1 is 1.13 bits per heavy atom. The van der Waals surface area contributed by atoms with Gasteiger partial charge in [-0.15, -0.1) is 0 Å². The van der Waals surface area contributed by atoms with E-state index in [1.54, 1.807) is 25.1 Å². The van der Waals surface area contributed by atoms with Gasteiger partial charge in [0.2, 0.25) is 15.9 Å². The van der Waals surface area contributed by atoms with Gasteiger partial charge in [0.1, 0.15) is 16.5 Å². The minimum absolute atomic E-state index is 0.0342. The van der Waals surface area contributed by atoms with E-state index in [2.05, 4.69) is 5.32 Å². The second-order valence-electron chi connectivity index (χ2n) is 7.15. The third kappa shape index (κ3) is 4.94. The lowest BCUT2D eigenvalue weighted by atomic mass is 9.96. The summed E-state index contributed by atoms with van der Waals surface area (Å²) in [5.74, 6) is -2.46. The molecule has 30 heavy (non-hydrogen) atoms. The normalized spacial score (nSPS) is 17.0. The molecule has 10 heteroatoms. The van der Waals surface area contributed by atoms with Crippen LogP contribution in [-0.2, 0) is 14.8 Å². The number of hydrogen-bond acceptors (Lipinski definition) is 3.